The normalized spacial score (nSPS) is 25.9. The molecule has 5 nitrogen and oxygen atoms in total. The lowest BCUT2D eigenvalue weighted by Crippen LogP contribution is -2.31. The highest BCUT2D eigenvalue weighted by atomic mass is 16.5. The molecule has 5 heteroatoms. The first-order chi connectivity index (χ1) is 18.0. The number of cyclic esters (lactones) is 1. The van der Waals surface area contributed by atoms with Crippen LogP contribution < -0.4 is 10.6 Å². The number of hydrogen-bond acceptors (Lipinski definition) is 3. The van der Waals surface area contributed by atoms with Crippen LogP contribution in [0, 0.1) is 11.3 Å². The Morgan fingerprint density at radius 1 is 0.919 bits per heavy atom. The van der Waals surface area contributed by atoms with Crippen LogP contribution in [-0.2, 0) is 16.0 Å². The van der Waals surface area contributed by atoms with Crippen molar-refractivity contribution in [2.45, 2.75) is 82.5 Å². The zero-order valence-electron chi connectivity index (χ0n) is 21.7. The van der Waals surface area contributed by atoms with Crippen LogP contribution in [0.1, 0.15) is 92.7 Å². The fourth-order valence-corrected chi connectivity index (χ4v) is 7.50. The number of para-hydroxylation sites is 1. The van der Waals surface area contributed by atoms with Crippen LogP contribution in [-0.4, -0.2) is 18.6 Å². The van der Waals surface area contributed by atoms with E-state index in [4.69, 9.17) is 4.74 Å². The molecular formula is C32H38N2O3. The van der Waals surface area contributed by atoms with Gasteiger partial charge < -0.3 is 15.4 Å². The highest BCUT2D eigenvalue weighted by Gasteiger charge is 2.55. The Bertz CT molecular complexity index is 1160. The van der Waals surface area contributed by atoms with Gasteiger partial charge in [-0.05, 0) is 85.6 Å². The van der Waals surface area contributed by atoms with Gasteiger partial charge in [-0.15, -0.1) is 0 Å². The van der Waals surface area contributed by atoms with E-state index in [1.165, 1.54) is 62.5 Å². The Morgan fingerprint density at radius 3 is 2.16 bits per heavy atom. The van der Waals surface area contributed by atoms with Crippen molar-refractivity contribution >= 4 is 23.4 Å². The van der Waals surface area contributed by atoms with E-state index in [2.05, 4.69) is 35.4 Å². The van der Waals surface area contributed by atoms with E-state index in [1.807, 2.05) is 24.3 Å². The number of ether oxygens (including phenoxy) is 1. The molecule has 2 atom stereocenters. The second kappa shape index (κ2) is 10.00. The van der Waals surface area contributed by atoms with Gasteiger partial charge in [-0.1, -0.05) is 68.2 Å². The van der Waals surface area contributed by atoms with Crippen LogP contribution in [0.2, 0.25) is 0 Å². The number of urea groups is 1. The van der Waals surface area contributed by atoms with Crippen LogP contribution in [0.25, 0.3) is 0 Å². The Morgan fingerprint density at radius 2 is 1.54 bits per heavy atom. The predicted molar refractivity (Wildman–Crippen MR) is 147 cm³/mol. The second-order valence-electron chi connectivity index (χ2n) is 11.8. The number of carbonyl (C=O) groups excluding carboxylic acids is 2. The zero-order chi connectivity index (χ0) is 25.4. The molecule has 6 rings (SSSR count). The lowest BCUT2D eigenvalue weighted by molar-refractivity contribution is -0.146. The number of esters is 1. The number of benzene rings is 2. The average molecular weight is 499 g/mol. The minimum absolute atomic E-state index is 0.0864. The molecule has 2 aromatic carbocycles. The lowest BCUT2D eigenvalue weighted by Gasteiger charge is -2.24. The van der Waals surface area contributed by atoms with Crippen molar-refractivity contribution < 1.29 is 14.3 Å². The number of carbonyl (C=O) groups is 2. The van der Waals surface area contributed by atoms with Gasteiger partial charge >= 0.3 is 12.0 Å². The molecule has 1 aliphatic heterocycles. The standard InChI is InChI=1S/C32H38N2O3/c1-21-17-25-20-37-30(35)32(25,18-21)19-22-13-15-26(16-14-22)33-31(36)34-29-27(23-7-2-3-8-23)11-6-12-28(29)24-9-4-5-10-24/h6,11-16,23-25H,1-5,7-10,17-20H2,(H2,33,34,36). The van der Waals surface area contributed by atoms with Gasteiger partial charge in [-0.3, -0.25) is 4.79 Å². The first-order valence-corrected chi connectivity index (χ1v) is 14.2. The minimum atomic E-state index is -0.468. The molecule has 2 amide bonds. The molecule has 1 heterocycles. The van der Waals surface area contributed by atoms with E-state index in [0.717, 1.165) is 28.9 Å². The van der Waals surface area contributed by atoms with Crippen LogP contribution in [0.15, 0.2) is 54.6 Å². The molecule has 1 saturated heterocycles. The third-order valence-electron chi connectivity index (χ3n) is 9.39. The molecule has 3 saturated carbocycles. The van der Waals surface area contributed by atoms with Crippen molar-refractivity contribution in [2.24, 2.45) is 11.3 Å². The molecule has 0 spiro atoms. The van der Waals surface area contributed by atoms with E-state index in [-0.39, 0.29) is 17.9 Å². The van der Waals surface area contributed by atoms with Crippen LogP contribution in [0.3, 0.4) is 0 Å². The van der Waals surface area contributed by atoms with Crippen molar-refractivity contribution in [1.82, 2.24) is 0 Å². The molecule has 3 aliphatic carbocycles. The van der Waals surface area contributed by atoms with Crippen molar-refractivity contribution in [3.05, 3.63) is 71.3 Å². The molecule has 194 valence electrons. The molecule has 0 radical (unpaired) electrons. The summed E-state index contributed by atoms with van der Waals surface area (Å²) in [6, 6.07) is 14.3. The highest BCUT2D eigenvalue weighted by Crippen LogP contribution is 2.52. The van der Waals surface area contributed by atoms with Gasteiger partial charge in [-0.25, -0.2) is 4.79 Å². The fourth-order valence-electron chi connectivity index (χ4n) is 7.50. The number of anilines is 2. The second-order valence-corrected chi connectivity index (χ2v) is 11.8. The topological polar surface area (TPSA) is 67.4 Å². The van der Waals surface area contributed by atoms with Gasteiger partial charge in [0.1, 0.15) is 0 Å². The van der Waals surface area contributed by atoms with Gasteiger partial charge in [0.15, 0.2) is 0 Å². The number of rotatable bonds is 6. The molecule has 2 aromatic rings. The molecule has 0 aromatic heterocycles. The number of allylic oxidation sites excluding steroid dienone is 1. The summed E-state index contributed by atoms with van der Waals surface area (Å²) >= 11 is 0. The quantitative estimate of drug-likeness (QED) is 0.317. The van der Waals surface area contributed by atoms with Crippen molar-refractivity contribution in [3.8, 4) is 0 Å². The van der Waals surface area contributed by atoms with E-state index < -0.39 is 5.41 Å². The summed E-state index contributed by atoms with van der Waals surface area (Å²) in [4.78, 5) is 25.8. The molecule has 37 heavy (non-hydrogen) atoms. The summed E-state index contributed by atoms with van der Waals surface area (Å²) in [5.41, 5.74) is 6.17. The van der Waals surface area contributed by atoms with Gasteiger partial charge in [0.25, 0.3) is 0 Å². The SMILES string of the molecule is C=C1CC2COC(=O)C2(Cc2ccc(NC(=O)Nc3c(C4CCCC4)cccc3C3CCCC3)cc2)C1. The number of amides is 2. The van der Waals surface area contributed by atoms with Gasteiger partial charge in [-0.2, -0.15) is 0 Å². The fraction of sp³-hybridized carbons (Fsp3) is 0.500. The number of hydrogen-bond donors (Lipinski definition) is 2. The van der Waals surface area contributed by atoms with E-state index in [1.54, 1.807) is 0 Å². The molecule has 2 unspecified atom stereocenters. The third kappa shape index (κ3) is 4.69. The third-order valence-corrected chi connectivity index (χ3v) is 9.39. The summed E-state index contributed by atoms with van der Waals surface area (Å²) in [5.74, 6) is 1.21. The largest absolute Gasteiger partial charge is 0.465 e. The van der Waals surface area contributed by atoms with Gasteiger partial charge in [0.2, 0.25) is 0 Å². The molecule has 2 N–H and O–H groups in total. The zero-order valence-corrected chi connectivity index (χ0v) is 21.7. The predicted octanol–water partition coefficient (Wildman–Crippen LogP) is 7.70. The van der Waals surface area contributed by atoms with Crippen molar-refractivity contribution in [3.63, 3.8) is 0 Å². The molecular weight excluding hydrogens is 460 g/mol. The molecule has 0 bridgehead atoms. The summed E-state index contributed by atoms with van der Waals surface area (Å²) < 4.78 is 5.42. The number of nitrogens with one attached hydrogen (secondary N) is 2. The monoisotopic (exact) mass is 498 g/mol. The van der Waals surface area contributed by atoms with Crippen molar-refractivity contribution in [1.29, 1.82) is 0 Å². The maximum atomic E-state index is 13.2. The Hall–Kier alpha value is -3.08. The summed E-state index contributed by atoms with van der Waals surface area (Å²) in [5, 5.41) is 6.33. The summed E-state index contributed by atoms with van der Waals surface area (Å²) in [7, 11) is 0. The first kappa shape index (κ1) is 24.3. The van der Waals surface area contributed by atoms with Gasteiger partial charge in [0, 0.05) is 17.3 Å². The molecule has 4 fully saturated rings. The minimum Gasteiger partial charge on any atom is -0.465 e. The average Bonchev–Trinajstić information content (AvgIpc) is 3.69. The smallest absolute Gasteiger partial charge is 0.323 e. The summed E-state index contributed by atoms with van der Waals surface area (Å²) in [6.45, 7) is 4.64. The van der Waals surface area contributed by atoms with Crippen molar-refractivity contribution in [2.75, 3.05) is 17.2 Å². The Kier molecular flexibility index (Phi) is 6.56. The van der Waals surface area contributed by atoms with Gasteiger partial charge in [0.05, 0.1) is 12.0 Å². The van der Waals surface area contributed by atoms with E-state index in [0.29, 0.717) is 31.3 Å². The highest BCUT2D eigenvalue weighted by molar-refractivity contribution is 6.01. The summed E-state index contributed by atoms with van der Waals surface area (Å²) in [6.07, 6.45) is 12.1. The Labute approximate surface area is 220 Å². The number of fused-ring (bicyclic) bond motifs is 1. The van der Waals surface area contributed by atoms with E-state index in [9.17, 15) is 9.59 Å². The Balaban J connectivity index is 1.17. The lowest BCUT2D eigenvalue weighted by atomic mass is 9.75. The van der Waals surface area contributed by atoms with E-state index >= 15 is 0 Å². The van der Waals surface area contributed by atoms with Crippen LogP contribution in [0.4, 0.5) is 16.2 Å². The van der Waals surface area contributed by atoms with Crippen LogP contribution >= 0.6 is 0 Å². The maximum absolute atomic E-state index is 13.2. The van der Waals surface area contributed by atoms with Crippen LogP contribution in [0.5, 0.6) is 0 Å². The first-order valence-electron chi connectivity index (χ1n) is 14.2. The molecule has 4 aliphatic rings. The maximum Gasteiger partial charge on any atom is 0.323 e.